The second-order valence-electron chi connectivity index (χ2n) is 3.94. The van der Waals surface area contributed by atoms with Crippen LogP contribution < -0.4 is 0 Å². The van der Waals surface area contributed by atoms with Gasteiger partial charge in [0.25, 0.3) is 0 Å². The molecule has 0 rings (SSSR count). The molecule has 4 atom stereocenters. The molecular formula is C9H16NO8P. The zero-order valence-corrected chi connectivity index (χ0v) is 11.1. The van der Waals surface area contributed by atoms with Gasteiger partial charge >= 0.3 is 7.75 Å². The van der Waals surface area contributed by atoms with Crippen molar-refractivity contribution >= 4 is 13.5 Å². The van der Waals surface area contributed by atoms with E-state index in [-0.39, 0.29) is 0 Å². The standard InChI is InChI=1S/C9H16NO8P/c1-5(7(12)3-8(13)6(2)11)9(14)4-18-19(16,17)10-15/h5,7,9,11-12,14H,2-4H2,1H3,(H,16,17)/t5-,7+,9+/m0/s1. The Morgan fingerprint density at radius 1 is 1.42 bits per heavy atom. The van der Waals surface area contributed by atoms with Crippen molar-refractivity contribution in [2.24, 2.45) is 10.9 Å². The van der Waals surface area contributed by atoms with Crippen LogP contribution in [0.3, 0.4) is 0 Å². The topological polar surface area (TPSA) is 154 Å². The van der Waals surface area contributed by atoms with Crippen molar-refractivity contribution in [3.63, 3.8) is 0 Å². The minimum absolute atomic E-state index is 0.476. The highest BCUT2D eigenvalue weighted by Gasteiger charge is 2.28. The number of carbonyl (C=O) groups is 1. The van der Waals surface area contributed by atoms with Gasteiger partial charge in [0, 0.05) is 17.3 Å². The van der Waals surface area contributed by atoms with Gasteiger partial charge in [-0.3, -0.25) is 9.32 Å². The van der Waals surface area contributed by atoms with Crippen LogP contribution in [-0.4, -0.2) is 44.8 Å². The molecule has 1 unspecified atom stereocenters. The first-order valence-corrected chi connectivity index (χ1v) is 6.73. The molecule has 0 aromatic heterocycles. The lowest BCUT2D eigenvalue weighted by atomic mass is 9.94. The predicted molar refractivity (Wildman–Crippen MR) is 64.1 cm³/mol. The summed E-state index contributed by atoms with van der Waals surface area (Å²) in [5.41, 5.74) is 0. The number of aliphatic hydroxyl groups excluding tert-OH is 3. The van der Waals surface area contributed by atoms with Crippen molar-refractivity contribution in [2.75, 3.05) is 6.61 Å². The first-order valence-electron chi connectivity index (χ1n) is 5.20. The summed E-state index contributed by atoms with van der Waals surface area (Å²) in [6, 6.07) is 0. The van der Waals surface area contributed by atoms with Crippen LogP contribution in [0, 0.1) is 10.8 Å². The quantitative estimate of drug-likeness (QED) is 0.204. The Morgan fingerprint density at radius 3 is 2.37 bits per heavy atom. The van der Waals surface area contributed by atoms with Crippen molar-refractivity contribution in [2.45, 2.75) is 25.6 Å². The highest BCUT2D eigenvalue weighted by molar-refractivity contribution is 7.51. The van der Waals surface area contributed by atoms with Crippen molar-refractivity contribution in [1.82, 2.24) is 0 Å². The maximum absolute atomic E-state index is 11.1. The third kappa shape index (κ3) is 6.55. The van der Waals surface area contributed by atoms with E-state index in [1.54, 1.807) is 0 Å². The number of ketones is 1. The van der Waals surface area contributed by atoms with E-state index in [4.69, 9.17) is 10.00 Å². The molecule has 0 aromatic rings. The Morgan fingerprint density at radius 2 is 1.95 bits per heavy atom. The second kappa shape index (κ2) is 7.46. The average Bonchev–Trinajstić information content (AvgIpc) is 2.34. The van der Waals surface area contributed by atoms with Crippen molar-refractivity contribution in [3.05, 3.63) is 17.2 Å². The van der Waals surface area contributed by atoms with Crippen LogP contribution in [-0.2, 0) is 13.9 Å². The number of nitroso groups, excluding NO2 is 1. The number of rotatable bonds is 9. The Balaban J connectivity index is 4.36. The van der Waals surface area contributed by atoms with Crippen LogP contribution in [0.5, 0.6) is 0 Å². The van der Waals surface area contributed by atoms with Crippen molar-refractivity contribution in [3.8, 4) is 0 Å². The van der Waals surface area contributed by atoms with Crippen LogP contribution in [0.4, 0.5) is 0 Å². The normalized spacial score (nSPS) is 18.9. The van der Waals surface area contributed by atoms with Crippen LogP contribution in [0.25, 0.3) is 0 Å². The molecule has 0 amide bonds. The van der Waals surface area contributed by atoms with E-state index in [0.29, 0.717) is 0 Å². The number of hydrogen-bond acceptors (Lipinski definition) is 7. The van der Waals surface area contributed by atoms with Crippen molar-refractivity contribution in [1.29, 1.82) is 0 Å². The molecule has 19 heavy (non-hydrogen) atoms. The van der Waals surface area contributed by atoms with E-state index >= 15 is 0 Å². The molecule has 10 heteroatoms. The molecule has 0 radical (unpaired) electrons. The van der Waals surface area contributed by atoms with E-state index in [2.05, 4.69) is 11.1 Å². The summed E-state index contributed by atoms with van der Waals surface area (Å²) in [6.45, 7) is 3.62. The number of carbonyl (C=O) groups excluding carboxylic acids is 1. The summed E-state index contributed by atoms with van der Waals surface area (Å²) >= 11 is 0. The number of Topliss-reactive ketones (excluding diaryl/α,β-unsaturated/α-hetero) is 1. The van der Waals surface area contributed by atoms with E-state index in [0.717, 1.165) is 0 Å². The number of aliphatic hydroxyl groups is 3. The van der Waals surface area contributed by atoms with E-state index in [9.17, 15) is 24.5 Å². The molecule has 0 fully saturated rings. The van der Waals surface area contributed by atoms with Gasteiger partial charge in [0.05, 0.1) is 18.8 Å². The summed E-state index contributed by atoms with van der Waals surface area (Å²) < 4.78 is 14.9. The van der Waals surface area contributed by atoms with E-state index in [1.165, 1.54) is 6.92 Å². The molecule has 0 saturated heterocycles. The molecule has 0 aromatic carbocycles. The first kappa shape index (κ1) is 17.9. The van der Waals surface area contributed by atoms with Gasteiger partial charge in [0.15, 0.2) is 11.5 Å². The summed E-state index contributed by atoms with van der Waals surface area (Å²) in [5.74, 6) is -2.42. The van der Waals surface area contributed by atoms with Gasteiger partial charge in [-0.25, -0.2) is 4.57 Å². The maximum atomic E-state index is 11.1. The Hall–Kier alpha value is -1.12. The number of nitrogens with zero attached hydrogens (tertiary/aromatic N) is 1. The molecule has 4 N–H and O–H groups in total. The minimum Gasteiger partial charge on any atom is -0.505 e. The molecule has 0 bridgehead atoms. The summed E-state index contributed by atoms with van der Waals surface area (Å²) in [5, 5.41) is 27.9. The molecule has 0 heterocycles. The van der Waals surface area contributed by atoms with Gasteiger partial charge in [0.2, 0.25) is 0 Å². The van der Waals surface area contributed by atoms with Crippen LogP contribution >= 0.6 is 7.75 Å². The number of allylic oxidation sites excluding steroid dienone is 1. The third-order valence-electron chi connectivity index (χ3n) is 2.45. The summed E-state index contributed by atoms with van der Waals surface area (Å²) in [4.78, 5) is 31.5. The second-order valence-corrected chi connectivity index (χ2v) is 5.34. The maximum Gasteiger partial charge on any atom is 0.487 e. The Bertz CT molecular complexity index is 398. The van der Waals surface area contributed by atoms with Gasteiger partial charge in [-0.1, -0.05) is 13.5 Å². The molecule has 0 aliphatic rings. The Kier molecular flexibility index (Phi) is 7.02. The fourth-order valence-corrected chi connectivity index (χ4v) is 1.49. The van der Waals surface area contributed by atoms with Gasteiger partial charge in [0.1, 0.15) is 0 Å². The first-order chi connectivity index (χ1) is 8.60. The fourth-order valence-electron chi connectivity index (χ4n) is 1.10. The summed E-state index contributed by atoms with van der Waals surface area (Å²) in [6.07, 6.45) is -3.20. The minimum atomic E-state index is -4.63. The van der Waals surface area contributed by atoms with Crippen molar-refractivity contribution < 1.29 is 34.1 Å². The largest absolute Gasteiger partial charge is 0.505 e. The highest BCUT2D eigenvalue weighted by Crippen LogP contribution is 2.43. The third-order valence-corrected chi connectivity index (χ3v) is 3.14. The molecule has 0 aliphatic carbocycles. The fraction of sp³-hybridized carbons (Fsp3) is 0.667. The SMILES string of the molecule is C=C(O)C(=O)C[C@@H](O)[C@H](C)[C@H](O)COP(=O)(O)N=O. The summed E-state index contributed by atoms with van der Waals surface area (Å²) in [7, 11) is -4.63. The Labute approximate surface area is 109 Å². The van der Waals surface area contributed by atoms with Gasteiger partial charge in [-0.05, 0) is 0 Å². The van der Waals surface area contributed by atoms with Gasteiger partial charge < -0.3 is 20.2 Å². The molecule has 0 aliphatic heterocycles. The lowest BCUT2D eigenvalue weighted by molar-refractivity contribution is -0.121. The van der Waals surface area contributed by atoms with E-state index < -0.39 is 50.4 Å². The molecule has 0 spiro atoms. The molecular weight excluding hydrogens is 281 g/mol. The average molecular weight is 297 g/mol. The zero-order valence-electron chi connectivity index (χ0n) is 10.2. The lowest BCUT2D eigenvalue weighted by Gasteiger charge is -2.23. The predicted octanol–water partition coefficient (Wildman–Crippen LogP) is 0.259. The van der Waals surface area contributed by atoms with E-state index in [1.807, 2.05) is 4.95 Å². The number of hydrogen-bond donors (Lipinski definition) is 4. The van der Waals surface area contributed by atoms with Crippen LogP contribution in [0.1, 0.15) is 13.3 Å². The molecule has 9 nitrogen and oxygen atoms in total. The van der Waals surface area contributed by atoms with Gasteiger partial charge in [-0.2, -0.15) is 0 Å². The highest BCUT2D eigenvalue weighted by atomic mass is 31.2. The zero-order chi connectivity index (χ0) is 15.2. The smallest absolute Gasteiger partial charge is 0.487 e. The molecule has 0 saturated carbocycles. The lowest BCUT2D eigenvalue weighted by Crippen LogP contribution is -2.34. The monoisotopic (exact) mass is 297 g/mol. The van der Waals surface area contributed by atoms with Gasteiger partial charge in [-0.15, -0.1) is 4.91 Å². The van der Waals surface area contributed by atoms with Crippen LogP contribution in [0.15, 0.2) is 17.3 Å². The van der Waals surface area contributed by atoms with Crippen LogP contribution in [0.2, 0.25) is 0 Å². The molecule has 110 valence electrons.